The highest BCUT2D eigenvalue weighted by Crippen LogP contribution is 2.37. The number of carbonyl (C=O) groups is 1. The van der Waals surface area contributed by atoms with Gasteiger partial charge in [0.25, 0.3) is 0 Å². The number of carbonyl (C=O) groups excluding carboxylic acids is 1. The van der Waals surface area contributed by atoms with Gasteiger partial charge in [0.2, 0.25) is 0 Å². The molecule has 2 bridgehead atoms. The van der Waals surface area contributed by atoms with Crippen LogP contribution in [-0.4, -0.2) is 17.9 Å². The molecule has 2 aliphatic heterocycles. The summed E-state index contributed by atoms with van der Waals surface area (Å²) in [6.07, 6.45) is 3.91. The maximum atomic E-state index is 12.3. The maximum absolute atomic E-state index is 12.3. The lowest BCUT2D eigenvalue weighted by atomic mass is 9.87. The van der Waals surface area contributed by atoms with Crippen molar-refractivity contribution in [3.8, 4) is 0 Å². The number of hydrogen-bond donors (Lipinski definition) is 1. The van der Waals surface area contributed by atoms with Gasteiger partial charge in [-0.25, -0.2) is 0 Å². The molecule has 0 spiro atoms. The average Bonchev–Trinajstić information content (AvgIpc) is 2.80. The molecule has 1 fully saturated rings. The van der Waals surface area contributed by atoms with E-state index in [2.05, 4.69) is 52.2 Å². The number of benzene rings is 1. The summed E-state index contributed by atoms with van der Waals surface area (Å²) < 4.78 is 1.24. The van der Waals surface area contributed by atoms with Crippen molar-refractivity contribution >= 4 is 33.9 Å². The first kappa shape index (κ1) is 13.3. The molecule has 0 aliphatic carbocycles. The fraction of sp³-hybridized carbons (Fsp3) is 0.438. The third-order valence-electron chi connectivity index (χ3n) is 4.18. The fourth-order valence-corrected chi connectivity index (χ4v) is 3.61. The highest BCUT2D eigenvalue weighted by molar-refractivity contribution is 14.1. The van der Waals surface area contributed by atoms with Crippen LogP contribution < -0.4 is 5.32 Å². The van der Waals surface area contributed by atoms with Gasteiger partial charge < -0.3 is 5.32 Å². The Balaban J connectivity index is 2.07. The van der Waals surface area contributed by atoms with Crippen LogP contribution in [0.4, 0.5) is 0 Å². The van der Waals surface area contributed by atoms with E-state index in [1.807, 2.05) is 6.92 Å². The molecular weight excluding hydrogens is 349 g/mol. The van der Waals surface area contributed by atoms with Crippen molar-refractivity contribution in [2.45, 2.75) is 44.7 Å². The van der Waals surface area contributed by atoms with Crippen LogP contribution in [0.25, 0.3) is 5.57 Å². The SMILES string of the molecule is CCC(=O)C1=C(c2ccc(I)cc2)CC2CC[C@@H]1N2. The minimum absolute atomic E-state index is 0.292. The van der Waals surface area contributed by atoms with Crippen molar-refractivity contribution < 1.29 is 4.79 Å². The fourth-order valence-electron chi connectivity index (χ4n) is 3.25. The second kappa shape index (κ2) is 5.37. The zero-order valence-electron chi connectivity index (χ0n) is 11.1. The highest BCUT2D eigenvalue weighted by Gasteiger charge is 2.36. The molecule has 3 rings (SSSR count). The number of ketones is 1. The zero-order valence-corrected chi connectivity index (χ0v) is 13.2. The zero-order chi connectivity index (χ0) is 13.4. The number of halogens is 1. The summed E-state index contributed by atoms with van der Waals surface area (Å²) in [5, 5.41) is 3.59. The summed E-state index contributed by atoms with van der Waals surface area (Å²) in [6.45, 7) is 1.96. The summed E-state index contributed by atoms with van der Waals surface area (Å²) in [5.74, 6) is 0.311. The minimum Gasteiger partial charge on any atom is -0.307 e. The maximum Gasteiger partial charge on any atom is 0.160 e. The molecule has 1 aromatic rings. The molecule has 0 saturated carbocycles. The van der Waals surface area contributed by atoms with Gasteiger partial charge in [0.15, 0.2) is 5.78 Å². The Kier molecular flexibility index (Phi) is 3.76. The number of fused-ring (bicyclic) bond motifs is 2. The van der Waals surface area contributed by atoms with E-state index in [4.69, 9.17) is 0 Å². The summed E-state index contributed by atoms with van der Waals surface area (Å²) in [4.78, 5) is 12.3. The molecule has 2 atom stereocenters. The van der Waals surface area contributed by atoms with Crippen molar-refractivity contribution in [3.05, 3.63) is 39.0 Å². The Morgan fingerprint density at radius 2 is 2.05 bits per heavy atom. The van der Waals surface area contributed by atoms with E-state index < -0.39 is 0 Å². The molecule has 2 nitrogen and oxygen atoms in total. The van der Waals surface area contributed by atoms with E-state index in [0.29, 0.717) is 24.3 Å². The van der Waals surface area contributed by atoms with Crippen LogP contribution in [0.3, 0.4) is 0 Å². The predicted octanol–water partition coefficient (Wildman–Crippen LogP) is 3.55. The summed E-state index contributed by atoms with van der Waals surface area (Å²) in [7, 11) is 0. The summed E-state index contributed by atoms with van der Waals surface area (Å²) in [5.41, 5.74) is 3.57. The Hall–Kier alpha value is -0.680. The van der Waals surface area contributed by atoms with Crippen molar-refractivity contribution in [2.75, 3.05) is 0 Å². The predicted molar refractivity (Wildman–Crippen MR) is 85.9 cm³/mol. The van der Waals surface area contributed by atoms with Gasteiger partial charge in [-0.3, -0.25) is 4.79 Å². The van der Waals surface area contributed by atoms with Gasteiger partial charge in [0.05, 0.1) is 0 Å². The molecule has 0 radical (unpaired) electrons. The molecule has 3 heteroatoms. The van der Waals surface area contributed by atoms with Crippen LogP contribution in [0.5, 0.6) is 0 Å². The molecule has 2 aliphatic rings. The molecule has 19 heavy (non-hydrogen) atoms. The van der Waals surface area contributed by atoms with E-state index >= 15 is 0 Å². The monoisotopic (exact) mass is 367 g/mol. The molecule has 1 aromatic carbocycles. The standard InChI is InChI=1S/C16H18INO/c1-2-15(19)16-13(9-12-7-8-14(16)18-12)10-3-5-11(17)6-4-10/h3-6,12,14,18H,2,7-9H2,1H3/t12?,14-/m0/s1. The Morgan fingerprint density at radius 3 is 2.74 bits per heavy atom. The van der Waals surface area contributed by atoms with Crippen molar-refractivity contribution in [2.24, 2.45) is 0 Å². The summed E-state index contributed by atoms with van der Waals surface area (Å²) >= 11 is 2.32. The van der Waals surface area contributed by atoms with Crippen LogP contribution in [0.15, 0.2) is 29.8 Å². The first-order chi connectivity index (χ1) is 9.19. The molecule has 0 amide bonds. The van der Waals surface area contributed by atoms with Gasteiger partial charge in [-0.15, -0.1) is 0 Å². The number of rotatable bonds is 3. The molecule has 2 heterocycles. The third kappa shape index (κ3) is 2.50. The number of hydrogen-bond acceptors (Lipinski definition) is 2. The Bertz CT molecular complexity index is 532. The lowest BCUT2D eigenvalue weighted by Gasteiger charge is -2.27. The van der Waals surface area contributed by atoms with Gasteiger partial charge in [0.1, 0.15) is 0 Å². The van der Waals surface area contributed by atoms with E-state index in [1.165, 1.54) is 21.1 Å². The van der Waals surface area contributed by atoms with Gasteiger partial charge >= 0.3 is 0 Å². The first-order valence-electron chi connectivity index (χ1n) is 6.97. The van der Waals surface area contributed by atoms with Crippen molar-refractivity contribution in [1.29, 1.82) is 0 Å². The van der Waals surface area contributed by atoms with Gasteiger partial charge in [-0.1, -0.05) is 19.1 Å². The Morgan fingerprint density at radius 1 is 1.32 bits per heavy atom. The van der Waals surface area contributed by atoms with E-state index in [1.54, 1.807) is 0 Å². The van der Waals surface area contributed by atoms with Crippen LogP contribution in [0, 0.1) is 3.57 Å². The van der Waals surface area contributed by atoms with Gasteiger partial charge in [-0.05, 0) is 65.1 Å². The normalized spacial score (nSPS) is 25.8. The van der Waals surface area contributed by atoms with E-state index in [9.17, 15) is 4.79 Å². The lowest BCUT2D eigenvalue weighted by Crippen LogP contribution is -2.38. The molecule has 1 unspecified atom stereocenters. The van der Waals surface area contributed by atoms with Crippen LogP contribution in [-0.2, 0) is 4.79 Å². The number of Topliss-reactive ketones (excluding diaryl/α,β-unsaturated/α-hetero) is 1. The van der Waals surface area contributed by atoms with Crippen molar-refractivity contribution in [1.82, 2.24) is 5.32 Å². The second-order valence-electron chi connectivity index (χ2n) is 5.37. The molecular formula is C16H18INO. The molecule has 1 saturated heterocycles. The van der Waals surface area contributed by atoms with E-state index in [0.717, 1.165) is 18.4 Å². The van der Waals surface area contributed by atoms with Gasteiger partial charge in [0, 0.05) is 27.6 Å². The summed E-state index contributed by atoms with van der Waals surface area (Å²) in [6, 6.07) is 9.42. The average molecular weight is 367 g/mol. The highest BCUT2D eigenvalue weighted by atomic mass is 127. The second-order valence-corrected chi connectivity index (χ2v) is 6.62. The van der Waals surface area contributed by atoms with Gasteiger partial charge in [-0.2, -0.15) is 0 Å². The molecule has 0 aromatic heterocycles. The molecule has 1 N–H and O–H groups in total. The van der Waals surface area contributed by atoms with Crippen molar-refractivity contribution in [3.63, 3.8) is 0 Å². The minimum atomic E-state index is 0.292. The number of nitrogens with one attached hydrogen (secondary N) is 1. The third-order valence-corrected chi connectivity index (χ3v) is 4.90. The first-order valence-corrected chi connectivity index (χ1v) is 8.05. The molecule has 100 valence electrons. The quantitative estimate of drug-likeness (QED) is 0.828. The smallest absolute Gasteiger partial charge is 0.160 e. The lowest BCUT2D eigenvalue weighted by molar-refractivity contribution is -0.115. The van der Waals surface area contributed by atoms with Crippen LogP contribution in [0.2, 0.25) is 0 Å². The largest absolute Gasteiger partial charge is 0.307 e. The Labute approximate surface area is 127 Å². The van der Waals surface area contributed by atoms with E-state index in [-0.39, 0.29) is 0 Å². The topological polar surface area (TPSA) is 29.1 Å². The van der Waals surface area contributed by atoms with Crippen LogP contribution in [0.1, 0.15) is 38.2 Å². The van der Waals surface area contributed by atoms with Crippen LogP contribution >= 0.6 is 22.6 Å².